The predicted octanol–water partition coefficient (Wildman–Crippen LogP) is 4.26. The van der Waals surface area contributed by atoms with Crippen LogP contribution in [0.4, 0.5) is 5.69 Å². The van der Waals surface area contributed by atoms with Gasteiger partial charge < -0.3 is 14.6 Å². The number of carbonyl (C=O) groups excluding carboxylic acids is 2. The summed E-state index contributed by atoms with van der Waals surface area (Å²) in [5.74, 6) is -0.460. The van der Waals surface area contributed by atoms with Crippen LogP contribution in [-0.4, -0.2) is 34.7 Å². The lowest BCUT2D eigenvalue weighted by Gasteiger charge is -2.09. The molecule has 3 aromatic heterocycles. The maximum Gasteiger partial charge on any atom is 0.283 e. The Hall–Kier alpha value is -3.82. The second kappa shape index (κ2) is 9.76. The predicted molar refractivity (Wildman–Crippen MR) is 130 cm³/mol. The van der Waals surface area contributed by atoms with Gasteiger partial charge in [-0.05, 0) is 48.4 Å². The van der Waals surface area contributed by atoms with E-state index in [1.165, 1.54) is 18.3 Å². The number of anilines is 1. The molecule has 0 atom stereocenters. The fourth-order valence-corrected chi connectivity index (χ4v) is 4.68. The van der Waals surface area contributed by atoms with Gasteiger partial charge in [0.25, 0.3) is 5.91 Å². The number of aromatic nitrogens is 2. The number of nitrogens with one attached hydrogen (secondary N) is 2. The average Bonchev–Trinajstić information content (AvgIpc) is 3.42. The molecule has 2 N–H and O–H groups in total. The van der Waals surface area contributed by atoms with Crippen LogP contribution in [0.2, 0.25) is 0 Å². The molecule has 0 aliphatic carbocycles. The number of methoxy groups -OCH3 is 1. The molecule has 0 radical (unpaired) electrons. The van der Waals surface area contributed by atoms with E-state index in [1.54, 1.807) is 37.6 Å². The van der Waals surface area contributed by atoms with Crippen molar-refractivity contribution in [2.45, 2.75) is 20.5 Å². The molecule has 3 heterocycles. The van der Waals surface area contributed by atoms with Gasteiger partial charge in [0, 0.05) is 43.2 Å². The Morgan fingerprint density at radius 2 is 1.94 bits per heavy atom. The number of ether oxygens (including phenoxy) is 1. The van der Waals surface area contributed by atoms with Crippen LogP contribution < -0.4 is 10.7 Å². The van der Waals surface area contributed by atoms with E-state index in [2.05, 4.69) is 20.8 Å². The van der Waals surface area contributed by atoms with Crippen molar-refractivity contribution in [2.24, 2.45) is 5.10 Å². The largest absolute Gasteiger partial charge is 0.380 e. The number of benzene rings is 1. The quantitative estimate of drug-likeness (QED) is 0.317. The summed E-state index contributed by atoms with van der Waals surface area (Å²) in [7, 11) is 1.65. The number of hydrazone groups is 1. The summed E-state index contributed by atoms with van der Waals surface area (Å²) in [5, 5.41) is 7.72. The van der Waals surface area contributed by atoms with Gasteiger partial charge >= 0.3 is 0 Å². The van der Waals surface area contributed by atoms with Gasteiger partial charge in [-0.2, -0.15) is 5.10 Å². The lowest BCUT2D eigenvalue weighted by atomic mass is 10.1. The van der Waals surface area contributed by atoms with Crippen LogP contribution in [-0.2, 0) is 16.1 Å². The Morgan fingerprint density at radius 3 is 2.61 bits per heavy atom. The summed E-state index contributed by atoms with van der Waals surface area (Å²) >= 11 is 1.32. The summed E-state index contributed by atoms with van der Waals surface area (Å²) in [6, 6.07) is 12.9. The fourth-order valence-electron chi connectivity index (χ4n) is 3.52. The van der Waals surface area contributed by atoms with Gasteiger partial charge in [-0.15, -0.1) is 11.3 Å². The van der Waals surface area contributed by atoms with E-state index in [4.69, 9.17) is 4.74 Å². The highest BCUT2D eigenvalue weighted by atomic mass is 32.1. The van der Waals surface area contributed by atoms with Crippen LogP contribution in [0, 0.1) is 6.92 Å². The third-order valence-corrected chi connectivity index (χ3v) is 5.90. The molecule has 0 spiro atoms. The van der Waals surface area contributed by atoms with Crippen molar-refractivity contribution in [3.05, 3.63) is 76.6 Å². The normalized spacial score (nSPS) is 11.2. The summed E-state index contributed by atoms with van der Waals surface area (Å²) in [6.07, 6.45) is 5.35. The molecule has 8 nitrogen and oxygen atoms in total. The van der Waals surface area contributed by atoms with Crippen LogP contribution in [0.25, 0.3) is 15.9 Å². The minimum atomic E-state index is -0.325. The molecule has 33 heavy (non-hydrogen) atoms. The van der Waals surface area contributed by atoms with E-state index in [-0.39, 0.29) is 11.8 Å². The maximum absolute atomic E-state index is 13.1. The average molecular weight is 462 g/mol. The van der Waals surface area contributed by atoms with Gasteiger partial charge in [-0.25, -0.2) is 10.4 Å². The standard InChI is InChI=1S/C24H23N5O3S/c1-15-12-18(14-32-3)20-21(29-10-4-5-11-29)22(33-24(20)26-15)23(31)28-25-13-17-6-8-19(9-7-17)27-16(2)30/h4-13H,14H2,1-3H3,(H,27,30)(H,28,31)/b25-13-. The molecule has 0 aliphatic heterocycles. The molecule has 0 fully saturated rings. The number of aryl methyl sites for hydroxylation is 1. The Morgan fingerprint density at radius 1 is 1.21 bits per heavy atom. The van der Waals surface area contributed by atoms with E-state index in [0.717, 1.165) is 32.7 Å². The second-order valence-corrected chi connectivity index (χ2v) is 8.41. The molecule has 0 bridgehead atoms. The van der Waals surface area contributed by atoms with Crippen molar-refractivity contribution in [1.82, 2.24) is 15.0 Å². The number of nitrogens with zero attached hydrogens (tertiary/aromatic N) is 3. The first-order valence-corrected chi connectivity index (χ1v) is 11.0. The Labute approximate surface area is 194 Å². The fraction of sp³-hybridized carbons (Fsp3) is 0.167. The number of carbonyl (C=O) groups is 2. The molecule has 0 unspecified atom stereocenters. The lowest BCUT2D eigenvalue weighted by molar-refractivity contribution is -0.114. The smallest absolute Gasteiger partial charge is 0.283 e. The highest BCUT2D eigenvalue weighted by Crippen LogP contribution is 2.36. The number of hydrogen-bond acceptors (Lipinski definition) is 6. The van der Waals surface area contributed by atoms with Crippen molar-refractivity contribution in [3.63, 3.8) is 0 Å². The van der Waals surface area contributed by atoms with Gasteiger partial charge in [-0.1, -0.05) is 12.1 Å². The number of pyridine rings is 1. The Bertz CT molecular complexity index is 1320. The molecule has 9 heteroatoms. The number of rotatable bonds is 7. The summed E-state index contributed by atoms with van der Waals surface area (Å²) in [6.45, 7) is 3.80. The second-order valence-electron chi connectivity index (χ2n) is 7.41. The Kier molecular flexibility index (Phi) is 6.62. The van der Waals surface area contributed by atoms with Crippen LogP contribution in [0.5, 0.6) is 0 Å². The van der Waals surface area contributed by atoms with Crippen LogP contribution in [0.1, 0.15) is 33.4 Å². The maximum atomic E-state index is 13.1. The zero-order valence-corrected chi connectivity index (χ0v) is 19.3. The Balaban J connectivity index is 1.64. The highest BCUT2D eigenvalue weighted by molar-refractivity contribution is 7.21. The summed E-state index contributed by atoms with van der Waals surface area (Å²) in [5.41, 5.74) is 6.69. The molecule has 0 saturated carbocycles. The molecule has 1 aromatic carbocycles. The minimum absolute atomic E-state index is 0.135. The zero-order chi connectivity index (χ0) is 23.4. The van der Waals surface area contributed by atoms with Gasteiger partial charge in [-0.3, -0.25) is 9.59 Å². The van der Waals surface area contributed by atoms with Crippen LogP contribution in [0.15, 0.2) is 60.0 Å². The molecular formula is C24H23N5O3S. The highest BCUT2D eigenvalue weighted by Gasteiger charge is 2.23. The van der Waals surface area contributed by atoms with E-state index >= 15 is 0 Å². The minimum Gasteiger partial charge on any atom is -0.380 e. The number of fused-ring (bicyclic) bond motifs is 1. The van der Waals surface area contributed by atoms with Gasteiger partial charge in [0.1, 0.15) is 9.71 Å². The van der Waals surface area contributed by atoms with Gasteiger partial charge in [0.2, 0.25) is 5.91 Å². The number of thiophene rings is 1. The number of hydrogen-bond donors (Lipinski definition) is 2. The molecular weight excluding hydrogens is 438 g/mol. The molecule has 2 amide bonds. The molecule has 0 aliphatic rings. The molecule has 168 valence electrons. The first-order chi connectivity index (χ1) is 16.0. The molecule has 4 rings (SSSR count). The molecule has 4 aromatic rings. The summed E-state index contributed by atoms with van der Waals surface area (Å²) < 4.78 is 7.31. The third kappa shape index (κ3) is 5.00. The van der Waals surface area contributed by atoms with Crippen molar-refractivity contribution in [2.75, 3.05) is 12.4 Å². The topological polar surface area (TPSA) is 97.6 Å². The first kappa shape index (κ1) is 22.4. The summed E-state index contributed by atoms with van der Waals surface area (Å²) in [4.78, 5) is 30.2. The van der Waals surface area contributed by atoms with Crippen molar-refractivity contribution in [1.29, 1.82) is 0 Å². The van der Waals surface area contributed by atoms with Crippen molar-refractivity contribution in [3.8, 4) is 5.69 Å². The van der Waals surface area contributed by atoms with Crippen molar-refractivity contribution >= 4 is 45.3 Å². The van der Waals surface area contributed by atoms with E-state index in [9.17, 15) is 9.59 Å². The van der Waals surface area contributed by atoms with E-state index in [0.29, 0.717) is 17.2 Å². The monoisotopic (exact) mass is 461 g/mol. The zero-order valence-electron chi connectivity index (χ0n) is 18.5. The van der Waals surface area contributed by atoms with E-state index in [1.807, 2.05) is 42.1 Å². The lowest BCUT2D eigenvalue weighted by Crippen LogP contribution is -2.18. The first-order valence-electron chi connectivity index (χ1n) is 10.2. The van der Waals surface area contributed by atoms with Gasteiger partial charge in [0.15, 0.2) is 0 Å². The molecule has 0 saturated heterocycles. The number of amides is 2. The van der Waals surface area contributed by atoms with E-state index < -0.39 is 0 Å². The van der Waals surface area contributed by atoms with Crippen molar-refractivity contribution < 1.29 is 14.3 Å². The third-order valence-electron chi connectivity index (χ3n) is 4.83. The van der Waals surface area contributed by atoms with Crippen LogP contribution >= 0.6 is 11.3 Å². The SMILES string of the molecule is COCc1cc(C)nc2sc(C(=O)N/N=C\c3ccc(NC(C)=O)cc3)c(-n3cccc3)c12. The van der Waals surface area contributed by atoms with Crippen LogP contribution in [0.3, 0.4) is 0 Å². The van der Waals surface area contributed by atoms with Gasteiger partial charge in [0.05, 0.1) is 18.5 Å².